The molecular weight excluding hydrogens is 266 g/mol. The fraction of sp³-hybridized carbons (Fsp3) is 0.118. The van der Waals surface area contributed by atoms with Crippen LogP contribution in [0.4, 0.5) is 0 Å². The fourth-order valence-corrected chi connectivity index (χ4v) is 2.82. The number of aromatic nitrogens is 1. The summed E-state index contributed by atoms with van der Waals surface area (Å²) in [7, 11) is 0. The number of benzene rings is 2. The molecule has 1 heterocycles. The molecule has 20 heavy (non-hydrogen) atoms. The predicted octanol–water partition coefficient (Wildman–Crippen LogP) is 4.94. The van der Waals surface area contributed by atoms with Gasteiger partial charge >= 0.3 is 0 Å². The van der Waals surface area contributed by atoms with E-state index in [9.17, 15) is 0 Å². The minimum absolute atomic E-state index is 0.836. The summed E-state index contributed by atoms with van der Waals surface area (Å²) < 4.78 is 5.10. The van der Waals surface area contributed by atoms with Gasteiger partial charge in [0.15, 0.2) is 0 Å². The van der Waals surface area contributed by atoms with Crippen LogP contribution < -0.4 is 0 Å². The van der Waals surface area contributed by atoms with Crippen LogP contribution in [0.25, 0.3) is 11.3 Å². The second kappa shape index (κ2) is 5.97. The van der Waals surface area contributed by atoms with Crippen LogP contribution in [-0.4, -0.2) is 5.16 Å². The van der Waals surface area contributed by atoms with Crippen LogP contribution >= 0.6 is 11.8 Å². The lowest BCUT2D eigenvalue weighted by molar-refractivity contribution is 0.399. The van der Waals surface area contributed by atoms with Crippen LogP contribution in [0.1, 0.15) is 11.3 Å². The molecule has 0 unspecified atom stereocenters. The van der Waals surface area contributed by atoms with Gasteiger partial charge < -0.3 is 4.52 Å². The van der Waals surface area contributed by atoms with Crippen molar-refractivity contribution in [2.24, 2.45) is 0 Å². The van der Waals surface area contributed by atoms with E-state index in [1.807, 2.05) is 30.8 Å². The number of hydrogen-bond donors (Lipinski definition) is 0. The van der Waals surface area contributed by atoms with Gasteiger partial charge in [-0.3, -0.25) is 0 Å². The zero-order valence-corrected chi connectivity index (χ0v) is 12.1. The lowest BCUT2D eigenvalue weighted by Gasteiger charge is -2.03. The first-order chi connectivity index (χ1) is 9.81. The molecule has 2 nitrogen and oxygen atoms in total. The van der Waals surface area contributed by atoms with E-state index in [1.165, 1.54) is 10.5 Å². The third-order valence-corrected chi connectivity index (χ3v) is 4.11. The average Bonchev–Trinajstić information content (AvgIpc) is 2.93. The Morgan fingerprint density at radius 1 is 1.00 bits per heavy atom. The second-order valence-electron chi connectivity index (χ2n) is 4.62. The van der Waals surface area contributed by atoms with Crippen molar-refractivity contribution in [3.63, 3.8) is 0 Å². The molecule has 1 aromatic heterocycles. The van der Waals surface area contributed by atoms with Crippen molar-refractivity contribution in [2.75, 3.05) is 0 Å². The molecule has 0 aliphatic rings. The summed E-state index contributed by atoms with van der Waals surface area (Å²) in [4.78, 5) is 1.26. The van der Waals surface area contributed by atoms with E-state index in [1.54, 1.807) is 0 Å². The first-order valence-corrected chi connectivity index (χ1v) is 7.50. The number of rotatable bonds is 4. The first-order valence-electron chi connectivity index (χ1n) is 6.52. The van der Waals surface area contributed by atoms with Crippen molar-refractivity contribution in [3.8, 4) is 11.3 Å². The Morgan fingerprint density at radius 3 is 2.40 bits per heavy atom. The lowest BCUT2D eigenvalue weighted by Crippen LogP contribution is -1.80. The Hall–Kier alpha value is -2.00. The average molecular weight is 281 g/mol. The molecule has 0 aliphatic carbocycles. The molecular formula is C17H15NOS. The van der Waals surface area contributed by atoms with Crippen molar-refractivity contribution in [1.82, 2.24) is 5.16 Å². The molecule has 100 valence electrons. The van der Waals surface area contributed by atoms with Crippen molar-refractivity contribution in [3.05, 3.63) is 72.0 Å². The molecule has 0 fully saturated rings. The minimum Gasteiger partial charge on any atom is -0.361 e. The molecule has 3 rings (SSSR count). The molecule has 0 aliphatic heterocycles. The van der Waals surface area contributed by atoms with Gasteiger partial charge in [-0.1, -0.05) is 47.6 Å². The highest BCUT2D eigenvalue weighted by Gasteiger charge is 2.03. The smallest absolute Gasteiger partial charge is 0.134 e. The topological polar surface area (TPSA) is 26.0 Å². The summed E-state index contributed by atoms with van der Waals surface area (Å²) in [5.74, 6) is 1.83. The summed E-state index contributed by atoms with van der Waals surface area (Å²) in [5, 5.41) is 4.03. The number of thioether (sulfide) groups is 1. The normalized spacial score (nSPS) is 10.7. The van der Waals surface area contributed by atoms with Crippen molar-refractivity contribution in [1.29, 1.82) is 0 Å². The molecule has 3 aromatic rings. The number of nitrogens with zero attached hydrogens (tertiary/aromatic N) is 1. The maximum atomic E-state index is 5.10. The molecule has 0 radical (unpaired) electrons. The highest BCUT2D eigenvalue weighted by molar-refractivity contribution is 7.98. The van der Waals surface area contributed by atoms with Crippen LogP contribution in [0, 0.1) is 6.92 Å². The van der Waals surface area contributed by atoms with Gasteiger partial charge in [0, 0.05) is 22.3 Å². The van der Waals surface area contributed by atoms with Gasteiger partial charge in [0.2, 0.25) is 0 Å². The second-order valence-corrected chi connectivity index (χ2v) is 5.67. The lowest BCUT2D eigenvalue weighted by atomic mass is 10.1. The summed E-state index contributed by atoms with van der Waals surface area (Å²) >= 11 is 1.84. The van der Waals surface area contributed by atoms with Gasteiger partial charge in [-0.25, -0.2) is 0 Å². The highest BCUT2D eigenvalue weighted by atomic mass is 32.2. The Morgan fingerprint density at radius 2 is 1.75 bits per heavy atom. The van der Waals surface area contributed by atoms with Crippen molar-refractivity contribution >= 4 is 11.8 Å². The van der Waals surface area contributed by atoms with Gasteiger partial charge in [-0.05, 0) is 24.6 Å². The van der Waals surface area contributed by atoms with E-state index in [-0.39, 0.29) is 0 Å². The van der Waals surface area contributed by atoms with Crippen LogP contribution in [0.15, 0.2) is 70.1 Å². The van der Waals surface area contributed by atoms with E-state index in [0.717, 1.165) is 22.8 Å². The summed E-state index contributed by atoms with van der Waals surface area (Å²) in [6.07, 6.45) is 0. The van der Waals surface area contributed by atoms with E-state index < -0.39 is 0 Å². The molecule has 2 aromatic carbocycles. The SMILES string of the molecule is Cc1cc(-c2ccc(SCc3ccccc3)cc2)no1. The van der Waals surface area contributed by atoms with Crippen LogP contribution in [-0.2, 0) is 5.75 Å². The van der Waals surface area contributed by atoms with Gasteiger partial charge in [0.05, 0.1) is 0 Å². The molecule has 0 amide bonds. The summed E-state index contributed by atoms with van der Waals surface area (Å²) in [6.45, 7) is 1.90. The zero-order valence-electron chi connectivity index (χ0n) is 11.2. The van der Waals surface area contributed by atoms with E-state index in [4.69, 9.17) is 4.52 Å². The van der Waals surface area contributed by atoms with E-state index >= 15 is 0 Å². The minimum atomic E-state index is 0.836. The standard InChI is InChI=1S/C17H15NOS/c1-13-11-17(18-19-13)15-7-9-16(10-8-15)20-12-14-5-3-2-4-6-14/h2-11H,12H2,1H3. The van der Waals surface area contributed by atoms with Crippen LogP contribution in [0.3, 0.4) is 0 Å². The number of hydrogen-bond acceptors (Lipinski definition) is 3. The molecule has 0 spiro atoms. The van der Waals surface area contributed by atoms with Gasteiger partial charge in [0.25, 0.3) is 0 Å². The van der Waals surface area contributed by atoms with Crippen molar-refractivity contribution in [2.45, 2.75) is 17.6 Å². The van der Waals surface area contributed by atoms with Crippen LogP contribution in [0.2, 0.25) is 0 Å². The quantitative estimate of drug-likeness (QED) is 0.633. The highest BCUT2D eigenvalue weighted by Crippen LogP contribution is 2.26. The van der Waals surface area contributed by atoms with E-state index in [0.29, 0.717) is 0 Å². The van der Waals surface area contributed by atoms with Gasteiger partial charge in [0.1, 0.15) is 11.5 Å². The monoisotopic (exact) mass is 281 g/mol. The largest absolute Gasteiger partial charge is 0.361 e. The zero-order chi connectivity index (χ0) is 13.8. The van der Waals surface area contributed by atoms with Crippen LogP contribution in [0.5, 0.6) is 0 Å². The predicted molar refractivity (Wildman–Crippen MR) is 82.7 cm³/mol. The maximum absolute atomic E-state index is 5.10. The molecule has 0 atom stereocenters. The summed E-state index contributed by atoms with van der Waals surface area (Å²) in [6, 6.07) is 20.9. The Balaban J connectivity index is 1.67. The Labute approximate surface area is 122 Å². The Kier molecular flexibility index (Phi) is 3.88. The van der Waals surface area contributed by atoms with Gasteiger partial charge in [-0.15, -0.1) is 11.8 Å². The first kappa shape index (κ1) is 13.0. The molecule has 0 saturated carbocycles. The fourth-order valence-electron chi connectivity index (χ4n) is 1.97. The Bertz CT molecular complexity index is 674. The molecule has 3 heteroatoms. The molecule has 0 N–H and O–H groups in total. The molecule has 0 saturated heterocycles. The summed E-state index contributed by atoms with van der Waals surface area (Å²) in [5.41, 5.74) is 3.32. The third kappa shape index (κ3) is 3.11. The maximum Gasteiger partial charge on any atom is 0.134 e. The molecule has 0 bridgehead atoms. The third-order valence-electron chi connectivity index (χ3n) is 3.03. The van der Waals surface area contributed by atoms with Gasteiger partial charge in [-0.2, -0.15) is 0 Å². The van der Waals surface area contributed by atoms with Crippen molar-refractivity contribution < 1.29 is 4.52 Å². The van der Waals surface area contributed by atoms with E-state index in [2.05, 4.69) is 53.7 Å². The number of aryl methyl sites for hydroxylation is 1.